The lowest BCUT2D eigenvalue weighted by atomic mass is 9.76. The minimum Gasteiger partial charge on any atom is -0.393 e. The monoisotopic (exact) mass is 511 g/mol. The van der Waals surface area contributed by atoms with E-state index in [1.807, 2.05) is 55.5 Å². The zero-order valence-electron chi connectivity index (χ0n) is 20.2. The molecule has 4 unspecified atom stereocenters. The molecule has 2 heterocycles. The van der Waals surface area contributed by atoms with Crippen LogP contribution in [0.4, 0.5) is 0 Å². The number of hydrogen-bond acceptors (Lipinski definition) is 9. The summed E-state index contributed by atoms with van der Waals surface area (Å²) in [7, 11) is 1.25. The Labute approximate surface area is 213 Å². The van der Waals surface area contributed by atoms with Gasteiger partial charge in [-0.3, -0.25) is 9.68 Å². The van der Waals surface area contributed by atoms with Crippen molar-refractivity contribution in [2.75, 3.05) is 13.7 Å². The Kier molecular flexibility index (Phi) is 8.10. The smallest absolute Gasteiger partial charge is 0.365 e. The topological polar surface area (TPSA) is 121 Å². The predicted octanol–water partition coefficient (Wildman–Crippen LogP) is 2.42. The molecule has 0 spiro atoms. The molecule has 36 heavy (non-hydrogen) atoms. The van der Waals surface area contributed by atoms with Crippen LogP contribution in [0.15, 0.2) is 70.2 Å². The number of β-lactam (4-membered cyclic amide) rings is 1. The van der Waals surface area contributed by atoms with Gasteiger partial charge in [-0.2, -0.15) is 9.99 Å². The molecular weight excluding hydrogens is 482 g/mol. The molecular formula is C26H29N3O6S. The lowest BCUT2D eigenvalue weighted by Crippen LogP contribution is -2.64. The molecule has 9 nitrogen and oxygen atoms in total. The number of carbonyl (C=O) groups excluding carboxylic acids is 2. The molecule has 1 amide bonds. The van der Waals surface area contributed by atoms with E-state index in [9.17, 15) is 19.8 Å². The minimum absolute atomic E-state index is 0.0761. The predicted molar refractivity (Wildman–Crippen MR) is 134 cm³/mol. The van der Waals surface area contributed by atoms with Gasteiger partial charge in [0, 0.05) is 46.0 Å². The highest BCUT2D eigenvalue weighted by atomic mass is 32.2. The van der Waals surface area contributed by atoms with Crippen LogP contribution >= 0.6 is 11.9 Å². The molecule has 2 aliphatic rings. The number of rotatable bonds is 9. The molecule has 1 fully saturated rings. The van der Waals surface area contributed by atoms with Crippen molar-refractivity contribution in [2.24, 2.45) is 16.9 Å². The molecule has 0 saturated carbocycles. The van der Waals surface area contributed by atoms with Crippen molar-refractivity contribution in [2.45, 2.75) is 37.5 Å². The molecule has 190 valence electrons. The fourth-order valence-electron chi connectivity index (χ4n) is 4.45. The van der Waals surface area contributed by atoms with E-state index >= 15 is 0 Å². The molecule has 0 aromatic heterocycles. The van der Waals surface area contributed by atoms with Gasteiger partial charge in [-0.1, -0.05) is 43.3 Å². The fraction of sp³-hybridized carbons (Fsp3) is 0.346. The maximum absolute atomic E-state index is 12.3. The fourth-order valence-corrected chi connectivity index (χ4v) is 5.40. The number of nitrogens with zero attached hydrogens (tertiary/aromatic N) is 2. The average molecular weight is 512 g/mol. The summed E-state index contributed by atoms with van der Waals surface area (Å²) in [5, 5.41) is 27.5. The molecule has 2 aromatic carbocycles. The zero-order chi connectivity index (χ0) is 25.8. The van der Waals surface area contributed by atoms with Crippen LogP contribution in [0.1, 0.15) is 30.5 Å². The number of amides is 1. The van der Waals surface area contributed by atoms with Crippen LogP contribution in [0, 0.1) is 11.8 Å². The summed E-state index contributed by atoms with van der Waals surface area (Å²) >= 11 is 1.41. The SMILES string of the molecule is COOC(=O)/C=C(\CN1N=C(c2ccccc2)c2cc(CO)ccc2S1)C(C)C1NC(=O)C1C(C)O. The molecule has 0 radical (unpaired) electrons. The molecule has 1 saturated heterocycles. The summed E-state index contributed by atoms with van der Waals surface area (Å²) in [5.74, 6) is -1.76. The van der Waals surface area contributed by atoms with Crippen molar-refractivity contribution in [3.63, 3.8) is 0 Å². The first kappa shape index (κ1) is 25.9. The summed E-state index contributed by atoms with van der Waals surface area (Å²) in [6.07, 6.45) is 0.526. The highest BCUT2D eigenvalue weighted by Gasteiger charge is 2.46. The molecule has 2 aromatic rings. The number of fused-ring (bicyclic) bond motifs is 1. The van der Waals surface area contributed by atoms with Crippen molar-refractivity contribution in [3.05, 3.63) is 76.9 Å². The number of aliphatic hydroxyl groups excluding tert-OH is 2. The zero-order valence-corrected chi connectivity index (χ0v) is 21.1. The van der Waals surface area contributed by atoms with Crippen LogP contribution in [0.25, 0.3) is 0 Å². The van der Waals surface area contributed by atoms with Gasteiger partial charge in [0.2, 0.25) is 5.91 Å². The second kappa shape index (κ2) is 11.3. The van der Waals surface area contributed by atoms with Crippen LogP contribution in [-0.4, -0.2) is 58.0 Å². The third-order valence-corrected chi connectivity index (χ3v) is 7.35. The van der Waals surface area contributed by atoms with Crippen molar-refractivity contribution in [3.8, 4) is 0 Å². The molecule has 0 bridgehead atoms. The van der Waals surface area contributed by atoms with Gasteiger partial charge < -0.3 is 15.5 Å². The summed E-state index contributed by atoms with van der Waals surface area (Å²) in [5.41, 5.74) is 4.01. The lowest BCUT2D eigenvalue weighted by molar-refractivity contribution is -0.249. The van der Waals surface area contributed by atoms with Gasteiger partial charge in [0.25, 0.3) is 0 Å². The third kappa shape index (κ3) is 5.46. The van der Waals surface area contributed by atoms with Crippen LogP contribution in [0.3, 0.4) is 0 Å². The van der Waals surface area contributed by atoms with Crippen molar-refractivity contribution >= 4 is 29.5 Å². The standard InChI is InChI=1S/C26H29N3O6S/c1-15(24-23(16(2)31)26(33)27-24)19(12-22(32)35-34-3)13-29-28-25(18-7-5-4-6-8-18)20-11-17(14-30)9-10-21(20)36-29/h4-12,15-16,23-24,30-31H,13-14H2,1-3H3,(H,27,33)/b19-12+. The third-order valence-electron chi connectivity index (χ3n) is 6.37. The Morgan fingerprint density at radius 1 is 1.25 bits per heavy atom. The average Bonchev–Trinajstić information content (AvgIpc) is 2.86. The molecule has 2 aliphatic heterocycles. The maximum atomic E-state index is 12.3. The number of nitrogens with one attached hydrogen (secondary N) is 1. The summed E-state index contributed by atoms with van der Waals surface area (Å²) < 4.78 is 1.78. The summed E-state index contributed by atoms with van der Waals surface area (Å²) in [4.78, 5) is 34.5. The lowest BCUT2D eigenvalue weighted by Gasteiger charge is -2.43. The van der Waals surface area contributed by atoms with Crippen molar-refractivity contribution in [1.29, 1.82) is 0 Å². The number of aliphatic hydroxyl groups is 2. The number of hydrogen-bond donors (Lipinski definition) is 3. The van der Waals surface area contributed by atoms with Crippen LogP contribution in [-0.2, 0) is 26.0 Å². The van der Waals surface area contributed by atoms with Crippen LogP contribution in [0.2, 0.25) is 0 Å². The van der Waals surface area contributed by atoms with E-state index in [0.29, 0.717) is 5.57 Å². The Balaban J connectivity index is 1.68. The Bertz CT molecular complexity index is 1180. The molecule has 4 rings (SSSR count). The Hall–Kier alpha value is -3.18. The van der Waals surface area contributed by atoms with E-state index in [1.54, 1.807) is 11.3 Å². The number of benzene rings is 2. The highest BCUT2D eigenvalue weighted by Crippen LogP contribution is 2.37. The summed E-state index contributed by atoms with van der Waals surface area (Å²) in [6, 6.07) is 15.1. The largest absolute Gasteiger partial charge is 0.393 e. The quantitative estimate of drug-likeness (QED) is 0.154. The van der Waals surface area contributed by atoms with E-state index in [-0.39, 0.29) is 31.0 Å². The molecule has 0 aliphatic carbocycles. The van der Waals surface area contributed by atoms with E-state index < -0.39 is 18.0 Å². The van der Waals surface area contributed by atoms with E-state index in [1.165, 1.54) is 25.1 Å². The van der Waals surface area contributed by atoms with Gasteiger partial charge in [0.05, 0.1) is 38.0 Å². The first-order valence-electron chi connectivity index (χ1n) is 11.6. The second-order valence-electron chi connectivity index (χ2n) is 8.78. The first-order chi connectivity index (χ1) is 17.3. The van der Waals surface area contributed by atoms with Gasteiger partial charge in [-0.05, 0) is 30.2 Å². The summed E-state index contributed by atoms with van der Waals surface area (Å²) in [6.45, 7) is 3.65. The van der Waals surface area contributed by atoms with Gasteiger partial charge in [0.15, 0.2) is 0 Å². The maximum Gasteiger partial charge on any atom is 0.365 e. The second-order valence-corrected chi connectivity index (χ2v) is 9.83. The van der Waals surface area contributed by atoms with Crippen molar-refractivity contribution in [1.82, 2.24) is 9.73 Å². The van der Waals surface area contributed by atoms with Crippen LogP contribution in [0.5, 0.6) is 0 Å². The van der Waals surface area contributed by atoms with E-state index in [2.05, 4.69) is 15.1 Å². The molecule has 4 atom stereocenters. The van der Waals surface area contributed by atoms with Gasteiger partial charge >= 0.3 is 5.97 Å². The van der Waals surface area contributed by atoms with E-state index in [4.69, 9.17) is 5.10 Å². The number of hydrazone groups is 1. The first-order valence-corrected chi connectivity index (χ1v) is 12.4. The van der Waals surface area contributed by atoms with E-state index in [0.717, 1.165) is 27.3 Å². The molecule has 3 N–H and O–H groups in total. The van der Waals surface area contributed by atoms with Crippen molar-refractivity contribution < 1.29 is 29.6 Å². The molecule has 10 heteroatoms. The Morgan fingerprint density at radius 3 is 2.64 bits per heavy atom. The van der Waals surface area contributed by atoms with Gasteiger partial charge in [0.1, 0.15) is 0 Å². The Morgan fingerprint density at radius 2 is 2.00 bits per heavy atom. The van der Waals surface area contributed by atoms with Gasteiger partial charge in [-0.25, -0.2) is 9.21 Å². The van der Waals surface area contributed by atoms with Crippen LogP contribution < -0.4 is 5.32 Å². The minimum atomic E-state index is -0.821. The van der Waals surface area contributed by atoms with Gasteiger partial charge in [-0.15, -0.1) is 0 Å². The normalized spacial score (nSPS) is 21.0. The number of carbonyl (C=O) groups is 2. The highest BCUT2D eigenvalue weighted by molar-refractivity contribution is 7.97.